The van der Waals surface area contributed by atoms with Crippen molar-refractivity contribution < 1.29 is 28.6 Å². The van der Waals surface area contributed by atoms with Crippen LogP contribution in [0.15, 0.2) is 12.2 Å². The number of rotatable bonds is 70. The summed E-state index contributed by atoms with van der Waals surface area (Å²) in [7, 11) is 0. The highest BCUT2D eigenvalue weighted by Gasteiger charge is 2.20. The molecule has 0 heterocycles. The number of hydrogen-bond donors (Lipinski definition) is 0. The van der Waals surface area contributed by atoms with Gasteiger partial charge in [0, 0.05) is 19.3 Å². The summed E-state index contributed by atoms with van der Waals surface area (Å²) < 4.78 is 17.0. The summed E-state index contributed by atoms with van der Waals surface area (Å²) in [6.45, 7) is 6.74. The van der Waals surface area contributed by atoms with Crippen LogP contribution in [0.1, 0.15) is 432 Å². The van der Waals surface area contributed by atoms with Crippen molar-refractivity contribution in [3.8, 4) is 0 Å². The van der Waals surface area contributed by atoms with Gasteiger partial charge < -0.3 is 14.2 Å². The van der Waals surface area contributed by atoms with Crippen LogP contribution in [0.3, 0.4) is 0 Å². The Hall–Kier alpha value is -1.85. The van der Waals surface area contributed by atoms with E-state index in [1.165, 1.54) is 334 Å². The average molecular weight is 1140 g/mol. The van der Waals surface area contributed by atoms with E-state index in [9.17, 15) is 14.4 Å². The van der Waals surface area contributed by atoms with E-state index in [0.29, 0.717) is 19.3 Å². The molecule has 0 N–H and O–H groups in total. The van der Waals surface area contributed by atoms with Crippen LogP contribution in [0, 0.1) is 0 Å². The molecule has 0 aromatic heterocycles. The third kappa shape index (κ3) is 68.8. The van der Waals surface area contributed by atoms with Crippen molar-refractivity contribution in [1.29, 1.82) is 0 Å². The lowest BCUT2D eigenvalue weighted by molar-refractivity contribution is -0.167. The SMILES string of the molecule is CCCCCCCCCC/C=C\CCCCCCCCCCCC(=O)OC(COC(=O)CCCCCCCCCCCCCCCCCC)COC(=O)CCCCCCCCCCCCCCCCCCCCCCCCCCCC. The van der Waals surface area contributed by atoms with E-state index in [4.69, 9.17) is 14.2 Å². The summed E-state index contributed by atoms with van der Waals surface area (Å²) in [4.78, 5) is 38.5. The number of allylic oxidation sites excluding steroid dienone is 2. The van der Waals surface area contributed by atoms with Gasteiger partial charge in [0.2, 0.25) is 0 Å². The molecule has 6 nitrogen and oxygen atoms in total. The monoisotopic (exact) mass is 1140 g/mol. The molecule has 0 radical (unpaired) electrons. The standard InChI is InChI=1S/C75H144O6/c1-4-7-10-13-16-19-22-25-28-31-33-35-36-37-38-39-41-42-44-47-50-53-56-59-62-65-68-74(77)80-71-72(70-79-73(76)67-64-61-58-55-52-49-46-30-27-24-21-18-15-12-9-6-3)81-75(78)69-66-63-60-57-54-51-48-45-43-40-34-32-29-26-23-20-17-14-11-8-5-2/h32,34,72H,4-31,33,35-71H2,1-3H3/b34-32-. The van der Waals surface area contributed by atoms with Crippen LogP contribution in [-0.2, 0) is 28.6 Å². The molecule has 1 unspecified atom stereocenters. The number of unbranched alkanes of at least 4 members (excludes halogenated alkanes) is 57. The van der Waals surface area contributed by atoms with Crippen molar-refractivity contribution in [1.82, 2.24) is 0 Å². The van der Waals surface area contributed by atoms with Gasteiger partial charge in [-0.15, -0.1) is 0 Å². The van der Waals surface area contributed by atoms with Crippen molar-refractivity contribution in [3.63, 3.8) is 0 Å². The Balaban J connectivity index is 4.23. The summed E-state index contributed by atoms with van der Waals surface area (Å²) in [5.41, 5.74) is 0. The van der Waals surface area contributed by atoms with Gasteiger partial charge in [0.1, 0.15) is 13.2 Å². The zero-order valence-corrected chi connectivity index (χ0v) is 55.4. The van der Waals surface area contributed by atoms with Gasteiger partial charge in [0.05, 0.1) is 0 Å². The second-order valence-corrected chi connectivity index (χ2v) is 25.6. The molecule has 0 aliphatic heterocycles. The molecule has 0 aromatic rings. The van der Waals surface area contributed by atoms with E-state index in [0.717, 1.165) is 57.8 Å². The Kier molecular flexibility index (Phi) is 69.0. The van der Waals surface area contributed by atoms with E-state index in [1.54, 1.807) is 0 Å². The van der Waals surface area contributed by atoms with E-state index in [1.807, 2.05) is 0 Å². The molecular weight excluding hydrogens is 997 g/mol. The van der Waals surface area contributed by atoms with Crippen LogP contribution in [-0.4, -0.2) is 37.2 Å². The Morgan fingerprint density at radius 2 is 0.407 bits per heavy atom. The molecule has 0 saturated carbocycles. The summed E-state index contributed by atoms with van der Waals surface area (Å²) in [6.07, 6.45) is 85.4. The molecule has 0 bridgehead atoms. The van der Waals surface area contributed by atoms with Crippen molar-refractivity contribution in [2.24, 2.45) is 0 Å². The fourth-order valence-electron chi connectivity index (χ4n) is 11.7. The number of carbonyl (C=O) groups is 3. The topological polar surface area (TPSA) is 78.9 Å². The van der Waals surface area contributed by atoms with Crippen LogP contribution >= 0.6 is 0 Å². The largest absolute Gasteiger partial charge is 0.462 e. The summed E-state index contributed by atoms with van der Waals surface area (Å²) in [6, 6.07) is 0. The summed E-state index contributed by atoms with van der Waals surface area (Å²) >= 11 is 0. The molecular formula is C75H144O6. The lowest BCUT2D eigenvalue weighted by Gasteiger charge is -2.18. The predicted molar refractivity (Wildman–Crippen MR) is 353 cm³/mol. The van der Waals surface area contributed by atoms with Crippen molar-refractivity contribution >= 4 is 17.9 Å². The first-order valence-corrected chi connectivity index (χ1v) is 37.2. The Bertz CT molecular complexity index is 1260. The molecule has 0 rings (SSSR count). The van der Waals surface area contributed by atoms with E-state index < -0.39 is 6.10 Å². The number of hydrogen-bond acceptors (Lipinski definition) is 6. The quantitative estimate of drug-likeness (QED) is 0.0261. The molecule has 81 heavy (non-hydrogen) atoms. The molecule has 0 spiro atoms. The highest BCUT2D eigenvalue weighted by molar-refractivity contribution is 5.71. The Labute approximate surface area is 507 Å². The zero-order valence-electron chi connectivity index (χ0n) is 55.4. The summed E-state index contributed by atoms with van der Waals surface area (Å²) in [5, 5.41) is 0. The zero-order chi connectivity index (χ0) is 58.5. The van der Waals surface area contributed by atoms with E-state index in [-0.39, 0.29) is 31.1 Å². The third-order valence-electron chi connectivity index (χ3n) is 17.3. The first-order valence-electron chi connectivity index (χ1n) is 37.2. The molecule has 1 atom stereocenters. The maximum Gasteiger partial charge on any atom is 0.306 e. The molecule has 0 aliphatic carbocycles. The molecule has 0 amide bonds. The Morgan fingerprint density at radius 1 is 0.235 bits per heavy atom. The fraction of sp³-hybridized carbons (Fsp3) is 0.933. The van der Waals surface area contributed by atoms with Gasteiger partial charge in [-0.1, -0.05) is 380 Å². The molecule has 0 aromatic carbocycles. The van der Waals surface area contributed by atoms with Gasteiger partial charge in [-0.25, -0.2) is 0 Å². The highest BCUT2D eigenvalue weighted by atomic mass is 16.6. The van der Waals surface area contributed by atoms with Gasteiger partial charge in [-0.05, 0) is 44.9 Å². The molecule has 0 saturated heterocycles. The average Bonchev–Trinajstić information content (AvgIpc) is 3.47. The minimum Gasteiger partial charge on any atom is -0.462 e. The predicted octanol–water partition coefficient (Wildman–Crippen LogP) is 25.6. The van der Waals surface area contributed by atoms with Crippen molar-refractivity contribution in [2.45, 2.75) is 438 Å². The van der Waals surface area contributed by atoms with E-state index in [2.05, 4.69) is 32.9 Å². The number of esters is 3. The van der Waals surface area contributed by atoms with Crippen molar-refractivity contribution in [2.75, 3.05) is 13.2 Å². The highest BCUT2D eigenvalue weighted by Crippen LogP contribution is 2.19. The third-order valence-corrected chi connectivity index (χ3v) is 17.3. The second-order valence-electron chi connectivity index (χ2n) is 25.6. The molecule has 6 heteroatoms. The van der Waals surface area contributed by atoms with Crippen LogP contribution in [0.5, 0.6) is 0 Å². The van der Waals surface area contributed by atoms with Gasteiger partial charge in [-0.3, -0.25) is 14.4 Å². The van der Waals surface area contributed by atoms with Crippen molar-refractivity contribution in [3.05, 3.63) is 12.2 Å². The fourth-order valence-corrected chi connectivity index (χ4v) is 11.7. The smallest absolute Gasteiger partial charge is 0.306 e. The second kappa shape index (κ2) is 70.6. The van der Waals surface area contributed by atoms with Gasteiger partial charge >= 0.3 is 17.9 Å². The van der Waals surface area contributed by atoms with Crippen LogP contribution < -0.4 is 0 Å². The maximum absolute atomic E-state index is 13.0. The Morgan fingerprint density at radius 3 is 0.617 bits per heavy atom. The maximum atomic E-state index is 13.0. The van der Waals surface area contributed by atoms with Crippen LogP contribution in [0.25, 0.3) is 0 Å². The lowest BCUT2D eigenvalue weighted by atomic mass is 10.0. The first kappa shape index (κ1) is 79.2. The normalized spacial score (nSPS) is 12.0. The van der Waals surface area contributed by atoms with Gasteiger partial charge in [-0.2, -0.15) is 0 Å². The minimum absolute atomic E-state index is 0.0635. The molecule has 0 fully saturated rings. The van der Waals surface area contributed by atoms with Crippen LogP contribution in [0.2, 0.25) is 0 Å². The first-order chi connectivity index (χ1) is 40.0. The summed E-state index contributed by atoms with van der Waals surface area (Å²) in [5.74, 6) is -0.826. The van der Waals surface area contributed by atoms with Gasteiger partial charge in [0.15, 0.2) is 6.10 Å². The number of carbonyl (C=O) groups excluding carboxylic acids is 3. The minimum atomic E-state index is -0.768. The molecule has 0 aliphatic rings. The lowest BCUT2D eigenvalue weighted by Crippen LogP contribution is -2.30. The van der Waals surface area contributed by atoms with Gasteiger partial charge in [0.25, 0.3) is 0 Å². The number of ether oxygens (including phenoxy) is 3. The molecule has 480 valence electrons. The van der Waals surface area contributed by atoms with Crippen LogP contribution in [0.4, 0.5) is 0 Å². The van der Waals surface area contributed by atoms with E-state index >= 15 is 0 Å².